The normalized spacial score (nSPS) is 19.0. The van der Waals surface area contributed by atoms with Crippen molar-refractivity contribution >= 4 is 40.0 Å². The number of carbonyl (C=O) groups excluding carboxylic acids is 1. The molecule has 43 heavy (non-hydrogen) atoms. The van der Waals surface area contributed by atoms with E-state index in [9.17, 15) is 9.59 Å². The minimum absolute atomic E-state index is 0.00290. The van der Waals surface area contributed by atoms with Crippen molar-refractivity contribution < 1.29 is 13.9 Å². The van der Waals surface area contributed by atoms with E-state index in [4.69, 9.17) is 21.3 Å². The quantitative estimate of drug-likeness (QED) is 0.325. The summed E-state index contributed by atoms with van der Waals surface area (Å²) in [6.07, 6.45) is 2.08. The summed E-state index contributed by atoms with van der Waals surface area (Å²) in [5, 5.41) is 4.04. The largest absolute Gasteiger partial charge is 0.490 e. The van der Waals surface area contributed by atoms with Crippen LogP contribution < -0.4 is 20.6 Å². The molecule has 1 saturated heterocycles. The minimum Gasteiger partial charge on any atom is -0.490 e. The van der Waals surface area contributed by atoms with Crippen LogP contribution in [0, 0.1) is 5.82 Å². The predicted octanol–water partition coefficient (Wildman–Crippen LogP) is 5.14. The van der Waals surface area contributed by atoms with Crippen LogP contribution in [0.15, 0.2) is 59.9 Å². The zero-order valence-electron chi connectivity index (χ0n) is 23.8. The first kappa shape index (κ1) is 27.4. The van der Waals surface area contributed by atoms with Crippen LogP contribution >= 0.6 is 11.6 Å². The number of para-hydroxylation sites is 1. The molecule has 2 aliphatic heterocycles. The Morgan fingerprint density at radius 1 is 1.19 bits per heavy atom. The van der Waals surface area contributed by atoms with Gasteiger partial charge in [-0.3, -0.25) is 4.79 Å². The zero-order valence-corrected chi connectivity index (χ0v) is 24.6. The number of halogens is 2. The molecule has 4 heterocycles. The molecule has 2 aromatic heterocycles. The molecule has 4 aromatic rings. The van der Waals surface area contributed by atoms with Gasteiger partial charge in [-0.15, -0.1) is 0 Å². The predicted molar refractivity (Wildman–Crippen MR) is 165 cm³/mol. The Hall–Kier alpha value is -4.44. The third-order valence-corrected chi connectivity index (χ3v) is 8.73. The average molecular weight is 601 g/mol. The lowest BCUT2D eigenvalue weighted by atomic mass is 10.00. The third kappa shape index (κ3) is 4.43. The van der Waals surface area contributed by atoms with Gasteiger partial charge in [0, 0.05) is 25.3 Å². The van der Waals surface area contributed by atoms with Crippen molar-refractivity contribution in [2.45, 2.75) is 38.3 Å². The molecule has 11 heteroatoms. The maximum atomic E-state index is 15.5. The first-order valence-electron chi connectivity index (χ1n) is 14.4. The monoisotopic (exact) mass is 600 g/mol. The lowest BCUT2D eigenvalue weighted by Crippen LogP contribution is -2.49. The summed E-state index contributed by atoms with van der Waals surface area (Å²) < 4.78 is 23.2. The van der Waals surface area contributed by atoms with Gasteiger partial charge in [-0.1, -0.05) is 50.2 Å². The summed E-state index contributed by atoms with van der Waals surface area (Å²) in [4.78, 5) is 40.1. The van der Waals surface area contributed by atoms with Crippen LogP contribution in [-0.4, -0.2) is 63.7 Å². The summed E-state index contributed by atoms with van der Waals surface area (Å²) >= 11 is 6.91. The number of piperazine rings is 1. The summed E-state index contributed by atoms with van der Waals surface area (Å²) in [7, 11) is 0. The van der Waals surface area contributed by atoms with Gasteiger partial charge in [-0.25, -0.2) is 18.7 Å². The Bertz CT molecular complexity index is 1870. The van der Waals surface area contributed by atoms with Crippen LogP contribution in [0.1, 0.15) is 31.7 Å². The van der Waals surface area contributed by atoms with Crippen LogP contribution in [0.2, 0.25) is 5.02 Å². The second-order valence-electron chi connectivity index (χ2n) is 11.3. The van der Waals surface area contributed by atoms with E-state index in [-0.39, 0.29) is 46.8 Å². The van der Waals surface area contributed by atoms with Crippen molar-refractivity contribution in [3.63, 3.8) is 0 Å². The fourth-order valence-electron chi connectivity index (χ4n) is 6.36. The van der Waals surface area contributed by atoms with Crippen molar-refractivity contribution in [2.24, 2.45) is 0 Å². The lowest BCUT2D eigenvalue weighted by Gasteiger charge is -2.35. The van der Waals surface area contributed by atoms with Crippen molar-refractivity contribution in [1.29, 1.82) is 0 Å². The molecule has 220 valence electrons. The molecule has 1 unspecified atom stereocenters. The molecule has 1 amide bonds. The average Bonchev–Trinajstić information content (AvgIpc) is 3.79. The van der Waals surface area contributed by atoms with Gasteiger partial charge in [-0.05, 0) is 48.2 Å². The van der Waals surface area contributed by atoms with E-state index in [2.05, 4.69) is 21.8 Å². The first-order valence-corrected chi connectivity index (χ1v) is 14.8. The van der Waals surface area contributed by atoms with Gasteiger partial charge >= 0.3 is 5.69 Å². The SMILES string of the molecule is C=CC(=O)N1CCN(c2nc(=O)n3c4nc(c(Cl)cc24)-c2c(F)cccc2NCCOc2cccc(C(C)C)c2-3)C2C[C@H]21. The number of hydrogen-bond donors (Lipinski definition) is 1. The number of nitrogens with zero attached hydrogens (tertiary/aromatic N) is 5. The Labute approximate surface area is 252 Å². The number of hydrogen-bond acceptors (Lipinski definition) is 7. The first-order chi connectivity index (χ1) is 20.8. The van der Waals surface area contributed by atoms with Gasteiger partial charge in [0.2, 0.25) is 5.91 Å². The molecule has 2 aromatic carbocycles. The maximum Gasteiger partial charge on any atom is 0.355 e. The molecule has 2 bridgehead atoms. The molecule has 3 aliphatic rings. The number of anilines is 2. The highest BCUT2D eigenvalue weighted by Crippen LogP contribution is 2.43. The van der Waals surface area contributed by atoms with Gasteiger partial charge < -0.3 is 19.9 Å². The van der Waals surface area contributed by atoms with Gasteiger partial charge in [0.25, 0.3) is 0 Å². The van der Waals surface area contributed by atoms with Gasteiger partial charge in [0.15, 0.2) is 5.65 Å². The lowest BCUT2D eigenvalue weighted by molar-refractivity contribution is -0.126. The molecule has 1 saturated carbocycles. The zero-order chi connectivity index (χ0) is 30.0. The molecule has 1 aliphatic carbocycles. The number of pyridine rings is 1. The Kier molecular flexibility index (Phi) is 6.61. The summed E-state index contributed by atoms with van der Waals surface area (Å²) in [5.74, 6) is 0.399. The van der Waals surface area contributed by atoms with Crippen LogP contribution in [0.25, 0.3) is 28.0 Å². The highest BCUT2D eigenvalue weighted by molar-refractivity contribution is 6.34. The van der Waals surface area contributed by atoms with E-state index in [0.29, 0.717) is 53.6 Å². The Morgan fingerprint density at radius 2 is 2.00 bits per heavy atom. The van der Waals surface area contributed by atoms with Gasteiger partial charge in [0.05, 0.1) is 39.4 Å². The molecule has 9 nitrogen and oxygen atoms in total. The van der Waals surface area contributed by atoms with Crippen LogP contribution in [0.4, 0.5) is 15.9 Å². The molecule has 1 N–H and O–H groups in total. The number of fused-ring (bicyclic) bond motifs is 6. The number of nitrogens with one attached hydrogen (secondary N) is 1. The number of ether oxygens (including phenoxy) is 1. The number of benzene rings is 2. The van der Waals surface area contributed by atoms with E-state index in [0.717, 1.165) is 12.0 Å². The van der Waals surface area contributed by atoms with Crippen molar-refractivity contribution in [1.82, 2.24) is 19.4 Å². The van der Waals surface area contributed by atoms with Crippen molar-refractivity contribution in [3.8, 4) is 22.7 Å². The van der Waals surface area contributed by atoms with E-state index in [1.165, 1.54) is 16.7 Å². The second kappa shape index (κ2) is 10.4. The summed E-state index contributed by atoms with van der Waals surface area (Å²) in [6.45, 7) is 9.30. The Balaban J connectivity index is 1.53. The van der Waals surface area contributed by atoms with Crippen LogP contribution in [0.5, 0.6) is 5.75 Å². The fourth-order valence-corrected chi connectivity index (χ4v) is 6.61. The smallest absolute Gasteiger partial charge is 0.355 e. The summed E-state index contributed by atoms with van der Waals surface area (Å²) in [6, 6.07) is 12.2. The van der Waals surface area contributed by atoms with Crippen LogP contribution in [-0.2, 0) is 4.79 Å². The Morgan fingerprint density at radius 3 is 2.79 bits per heavy atom. The number of aromatic nitrogens is 3. The molecular weight excluding hydrogens is 571 g/mol. The van der Waals surface area contributed by atoms with Crippen molar-refractivity contribution in [3.05, 3.63) is 82.0 Å². The van der Waals surface area contributed by atoms with E-state index in [1.807, 2.05) is 36.9 Å². The number of carbonyl (C=O) groups is 1. The molecule has 2 fully saturated rings. The highest BCUT2D eigenvalue weighted by Gasteiger charge is 2.51. The maximum absolute atomic E-state index is 15.5. The van der Waals surface area contributed by atoms with E-state index >= 15 is 4.39 Å². The minimum atomic E-state index is -0.535. The fraction of sp³-hybridized carbons (Fsp3) is 0.312. The topological polar surface area (TPSA) is 92.6 Å². The van der Waals surface area contributed by atoms with E-state index in [1.54, 1.807) is 18.2 Å². The van der Waals surface area contributed by atoms with Crippen molar-refractivity contribution in [2.75, 3.05) is 36.5 Å². The highest BCUT2D eigenvalue weighted by atomic mass is 35.5. The molecule has 7 rings (SSSR count). The molecule has 2 atom stereocenters. The number of rotatable bonds is 3. The third-order valence-electron chi connectivity index (χ3n) is 8.44. The molecule has 0 radical (unpaired) electrons. The van der Waals surface area contributed by atoms with E-state index < -0.39 is 11.5 Å². The van der Waals surface area contributed by atoms with Crippen LogP contribution in [0.3, 0.4) is 0 Å². The molecular formula is C32H30ClFN6O3. The summed E-state index contributed by atoms with van der Waals surface area (Å²) in [5.41, 5.74) is 2.13. The second-order valence-corrected chi connectivity index (χ2v) is 11.7. The number of amides is 1. The van der Waals surface area contributed by atoms with Gasteiger partial charge in [-0.2, -0.15) is 4.98 Å². The standard InChI is InChI=1S/C32H30ClFN6O3/c1-4-26(41)38-12-13-39(24-16-23(24)38)30-19-15-20(33)28-27-21(34)8-6-9-22(27)35-11-14-43-25-10-5-7-18(17(2)3)29(25)40(31(19)36-28)32(42)37-30/h4-10,15,17,23-24,35H,1,11-14,16H2,2-3H3/t23-,24?/m1/s1. The molecule has 0 spiro atoms. The van der Waals surface area contributed by atoms with Gasteiger partial charge in [0.1, 0.15) is 24.0 Å².